The van der Waals surface area contributed by atoms with Crippen LogP contribution in [-0.4, -0.2) is 51.7 Å². The molecule has 3 aromatic carbocycles. The summed E-state index contributed by atoms with van der Waals surface area (Å²) in [4.78, 5) is 6.04. The lowest BCUT2D eigenvalue weighted by atomic mass is 10.1. The van der Waals surface area contributed by atoms with Crippen LogP contribution in [0.5, 0.6) is 17.2 Å². The lowest BCUT2D eigenvalue weighted by Gasteiger charge is -2.18. The first-order valence-electron chi connectivity index (χ1n) is 13.0. The minimum atomic E-state index is -3.53. The number of aromatic nitrogens is 1. The summed E-state index contributed by atoms with van der Waals surface area (Å²) in [7, 11) is 1.36. The number of sulfonamides is 1. The molecule has 8 nitrogen and oxygen atoms in total. The van der Waals surface area contributed by atoms with Gasteiger partial charge in [-0.3, -0.25) is 0 Å². The van der Waals surface area contributed by atoms with E-state index >= 15 is 0 Å². The molecule has 0 unspecified atom stereocenters. The van der Waals surface area contributed by atoms with Crippen molar-refractivity contribution >= 4 is 27.0 Å². The molecular weight excluding hydrogens is 546 g/mol. The zero-order valence-electron chi connectivity index (χ0n) is 23.5. The van der Waals surface area contributed by atoms with E-state index < -0.39 is 10.0 Å². The van der Waals surface area contributed by atoms with Gasteiger partial charge in [0.05, 0.1) is 37.6 Å². The molecule has 0 saturated heterocycles. The Morgan fingerprint density at radius 3 is 2.12 bits per heavy atom. The Morgan fingerprint density at radius 2 is 1.52 bits per heavy atom. The van der Waals surface area contributed by atoms with Crippen LogP contribution in [0, 0.1) is 0 Å². The highest BCUT2D eigenvalue weighted by Crippen LogP contribution is 2.29. The van der Waals surface area contributed by atoms with Crippen molar-refractivity contribution in [3.05, 3.63) is 82.5 Å². The molecule has 0 saturated carbocycles. The predicted octanol–water partition coefficient (Wildman–Crippen LogP) is 5.75. The Bertz CT molecular complexity index is 1590. The van der Waals surface area contributed by atoms with E-state index in [1.807, 2.05) is 68.4 Å². The molecule has 0 aliphatic carbocycles. The normalized spacial score (nSPS) is 12.1. The van der Waals surface area contributed by atoms with Gasteiger partial charge in [0, 0.05) is 25.0 Å². The van der Waals surface area contributed by atoms with Crippen LogP contribution < -0.4 is 19.0 Å². The van der Waals surface area contributed by atoms with E-state index in [1.54, 1.807) is 44.8 Å². The fourth-order valence-electron chi connectivity index (χ4n) is 4.42. The lowest BCUT2D eigenvalue weighted by molar-refractivity contribution is 0.354. The SMILES string of the molecule is CCN(CC)S(=O)(=O)c1ccc(-c2csc(=Nc3ccc(OC)cc3)n2CCc2ccc(OC)c(OC)c2)cc1. The molecule has 10 heteroatoms. The van der Waals surface area contributed by atoms with Crippen molar-refractivity contribution in [1.82, 2.24) is 8.87 Å². The maximum Gasteiger partial charge on any atom is 0.243 e. The van der Waals surface area contributed by atoms with E-state index in [4.69, 9.17) is 19.2 Å². The molecular formula is C30H35N3O5S2. The van der Waals surface area contributed by atoms with E-state index in [0.29, 0.717) is 31.1 Å². The molecule has 0 bridgehead atoms. The molecule has 4 aromatic rings. The Labute approximate surface area is 240 Å². The molecule has 4 rings (SSSR count). The van der Waals surface area contributed by atoms with Crippen LogP contribution >= 0.6 is 11.3 Å². The highest BCUT2D eigenvalue weighted by molar-refractivity contribution is 7.89. The standard InChI is InChI=1S/C30H35N3O5S2/c1-6-32(7-2)40(34,35)26-15-9-23(10-16-26)27-21-39-30(31-24-11-13-25(36-3)14-12-24)33(27)19-18-22-8-17-28(37-4)29(20-22)38-5/h8-17,20-21H,6-7,18-19H2,1-5H3. The van der Waals surface area contributed by atoms with Gasteiger partial charge >= 0.3 is 0 Å². The second kappa shape index (κ2) is 13.2. The van der Waals surface area contributed by atoms with E-state index in [2.05, 4.69) is 9.95 Å². The Balaban J connectivity index is 1.73. The lowest BCUT2D eigenvalue weighted by Crippen LogP contribution is -2.30. The molecule has 0 spiro atoms. The van der Waals surface area contributed by atoms with Gasteiger partial charge in [-0.2, -0.15) is 4.31 Å². The number of benzene rings is 3. The fraction of sp³-hybridized carbons (Fsp3) is 0.300. The third kappa shape index (κ3) is 6.41. The van der Waals surface area contributed by atoms with E-state index in [9.17, 15) is 8.42 Å². The van der Waals surface area contributed by atoms with Gasteiger partial charge in [-0.1, -0.05) is 32.0 Å². The number of aryl methyl sites for hydroxylation is 1. The van der Waals surface area contributed by atoms with Crippen LogP contribution in [0.25, 0.3) is 11.3 Å². The maximum atomic E-state index is 13.0. The van der Waals surface area contributed by atoms with Crippen molar-refractivity contribution in [1.29, 1.82) is 0 Å². The summed E-state index contributed by atoms with van der Waals surface area (Å²) < 4.78 is 45.8. The third-order valence-corrected chi connectivity index (χ3v) is 9.59. The molecule has 0 fully saturated rings. The zero-order chi connectivity index (χ0) is 28.7. The fourth-order valence-corrected chi connectivity index (χ4v) is 6.83. The first-order valence-corrected chi connectivity index (χ1v) is 15.3. The number of hydrogen-bond donors (Lipinski definition) is 0. The molecule has 0 N–H and O–H groups in total. The van der Waals surface area contributed by atoms with Crippen molar-refractivity contribution in [3.63, 3.8) is 0 Å². The van der Waals surface area contributed by atoms with Crippen LogP contribution in [0.1, 0.15) is 19.4 Å². The molecule has 40 heavy (non-hydrogen) atoms. The quantitative estimate of drug-likeness (QED) is 0.213. The molecule has 0 radical (unpaired) electrons. The summed E-state index contributed by atoms with van der Waals surface area (Å²) in [5, 5.41) is 2.06. The molecule has 0 atom stereocenters. The van der Waals surface area contributed by atoms with Gasteiger partial charge in [-0.05, 0) is 66.1 Å². The number of hydrogen-bond acceptors (Lipinski definition) is 7. The van der Waals surface area contributed by atoms with Gasteiger partial charge in [-0.15, -0.1) is 11.3 Å². The second-order valence-electron chi connectivity index (χ2n) is 8.92. The summed E-state index contributed by atoms with van der Waals surface area (Å²) in [6, 6.07) is 20.6. The number of rotatable bonds is 12. The Kier molecular flexibility index (Phi) is 9.67. The van der Waals surface area contributed by atoms with Crippen LogP contribution in [0.4, 0.5) is 5.69 Å². The first kappa shape index (κ1) is 29.4. The summed E-state index contributed by atoms with van der Waals surface area (Å²) in [5.74, 6) is 2.14. The van der Waals surface area contributed by atoms with Crippen LogP contribution in [-0.2, 0) is 23.0 Å². The third-order valence-electron chi connectivity index (χ3n) is 6.66. The average Bonchev–Trinajstić information content (AvgIpc) is 3.38. The Hall–Kier alpha value is -3.60. The summed E-state index contributed by atoms with van der Waals surface area (Å²) in [5.41, 5.74) is 3.79. The molecule has 0 aliphatic rings. The van der Waals surface area contributed by atoms with Gasteiger partial charge in [0.25, 0.3) is 0 Å². The second-order valence-corrected chi connectivity index (χ2v) is 11.7. The monoisotopic (exact) mass is 581 g/mol. The van der Waals surface area contributed by atoms with Gasteiger partial charge in [-0.25, -0.2) is 13.4 Å². The van der Waals surface area contributed by atoms with Gasteiger partial charge in [0.15, 0.2) is 16.3 Å². The maximum absolute atomic E-state index is 13.0. The van der Waals surface area contributed by atoms with E-state index in [-0.39, 0.29) is 4.90 Å². The van der Waals surface area contributed by atoms with Crippen molar-refractivity contribution in [2.45, 2.75) is 31.7 Å². The van der Waals surface area contributed by atoms with E-state index in [0.717, 1.165) is 39.5 Å². The molecule has 0 aliphatic heterocycles. The number of nitrogens with zero attached hydrogens (tertiary/aromatic N) is 3. The molecule has 0 amide bonds. The highest BCUT2D eigenvalue weighted by Gasteiger charge is 2.21. The average molecular weight is 582 g/mol. The predicted molar refractivity (Wildman–Crippen MR) is 159 cm³/mol. The van der Waals surface area contributed by atoms with E-state index in [1.165, 1.54) is 4.31 Å². The minimum absolute atomic E-state index is 0.287. The zero-order valence-corrected chi connectivity index (χ0v) is 25.1. The van der Waals surface area contributed by atoms with Crippen LogP contribution in [0.3, 0.4) is 0 Å². The Morgan fingerprint density at radius 1 is 0.850 bits per heavy atom. The topological polar surface area (TPSA) is 82.4 Å². The molecule has 1 heterocycles. The number of methoxy groups -OCH3 is 3. The summed E-state index contributed by atoms with van der Waals surface area (Å²) in [6.07, 6.45) is 0.730. The van der Waals surface area contributed by atoms with Crippen molar-refractivity contribution in [2.75, 3.05) is 34.4 Å². The van der Waals surface area contributed by atoms with Crippen molar-refractivity contribution < 1.29 is 22.6 Å². The summed E-state index contributed by atoms with van der Waals surface area (Å²) >= 11 is 1.54. The van der Waals surface area contributed by atoms with Crippen molar-refractivity contribution in [2.24, 2.45) is 4.99 Å². The number of thiazole rings is 1. The molecule has 1 aromatic heterocycles. The summed E-state index contributed by atoms with van der Waals surface area (Å²) in [6.45, 7) is 5.20. The van der Waals surface area contributed by atoms with Gasteiger partial charge in [0.2, 0.25) is 10.0 Å². The number of ether oxygens (including phenoxy) is 3. The highest BCUT2D eigenvalue weighted by atomic mass is 32.2. The first-order chi connectivity index (χ1) is 19.3. The van der Waals surface area contributed by atoms with Crippen LogP contribution in [0.15, 0.2) is 82.0 Å². The van der Waals surface area contributed by atoms with Crippen LogP contribution in [0.2, 0.25) is 0 Å². The van der Waals surface area contributed by atoms with Gasteiger partial charge in [0.1, 0.15) is 5.75 Å². The smallest absolute Gasteiger partial charge is 0.243 e. The van der Waals surface area contributed by atoms with Gasteiger partial charge < -0.3 is 18.8 Å². The largest absolute Gasteiger partial charge is 0.497 e. The minimum Gasteiger partial charge on any atom is -0.497 e. The molecule has 212 valence electrons. The van der Waals surface area contributed by atoms with Crippen molar-refractivity contribution in [3.8, 4) is 28.5 Å².